The van der Waals surface area contributed by atoms with E-state index in [0.717, 1.165) is 37.4 Å². The van der Waals surface area contributed by atoms with Crippen molar-refractivity contribution in [2.75, 3.05) is 7.11 Å². The predicted molar refractivity (Wildman–Crippen MR) is 154 cm³/mol. The van der Waals surface area contributed by atoms with E-state index in [1.807, 2.05) is 0 Å². The molecule has 0 aromatic heterocycles. The normalized spacial score (nSPS) is 12.5. The highest BCUT2D eigenvalue weighted by molar-refractivity contribution is 7.89. The summed E-state index contributed by atoms with van der Waals surface area (Å²) in [6, 6.07) is 24.0. The van der Waals surface area contributed by atoms with Crippen LogP contribution < -0.4 is 4.72 Å². The fourth-order valence-electron chi connectivity index (χ4n) is 4.16. The van der Waals surface area contributed by atoms with Crippen molar-refractivity contribution >= 4 is 33.1 Å². The Balaban J connectivity index is 1.92. The maximum absolute atomic E-state index is 13.5. The molecule has 0 aliphatic carbocycles. The number of esters is 1. The number of ether oxygens (including phenoxy) is 1. The Labute approximate surface area is 240 Å². The van der Waals surface area contributed by atoms with E-state index in [2.05, 4.69) is 4.72 Å². The molecule has 0 bridgehead atoms. The third-order valence-electron chi connectivity index (χ3n) is 6.20. The lowest BCUT2D eigenvalue weighted by Gasteiger charge is -2.25. The number of methoxy groups -OCH3 is 1. The number of nitro groups is 2. The number of nitro benzene ring substituents is 2. The molecule has 214 valence electrons. The van der Waals surface area contributed by atoms with E-state index in [1.54, 1.807) is 60.7 Å². The van der Waals surface area contributed by atoms with Crippen LogP contribution in [0.3, 0.4) is 0 Å². The third-order valence-corrected chi connectivity index (χ3v) is 7.66. The predicted octanol–water partition coefficient (Wildman–Crippen LogP) is 4.60. The van der Waals surface area contributed by atoms with Crippen molar-refractivity contribution in [3.8, 4) is 0 Å². The molecule has 4 aromatic carbocycles. The molecule has 0 unspecified atom stereocenters. The van der Waals surface area contributed by atoms with Gasteiger partial charge in [-0.05, 0) is 17.7 Å². The fraction of sp³-hybridized carbons (Fsp3) is 0.103. The highest BCUT2D eigenvalue weighted by Crippen LogP contribution is 2.28. The van der Waals surface area contributed by atoms with Crippen LogP contribution in [-0.2, 0) is 19.6 Å². The van der Waals surface area contributed by atoms with Crippen molar-refractivity contribution in [2.45, 2.75) is 17.0 Å². The molecule has 0 aliphatic heterocycles. The minimum absolute atomic E-state index is 0.0642. The van der Waals surface area contributed by atoms with E-state index >= 15 is 0 Å². The van der Waals surface area contributed by atoms with Crippen LogP contribution in [0.4, 0.5) is 11.4 Å². The van der Waals surface area contributed by atoms with Crippen molar-refractivity contribution in [3.05, 3.63) is 146 Å². The molecule has 0 aliphatic rings. The number of carbonyl (C=O) groups is 1. The van der Waals surface area contributed by atoms with E-state index in [0.29, 0.717) is 16.8 Å². The minimum Gasteiger partial charge on any atom is -0.467 e. The smallest absolute Gasteiger partial charge is 0.332 e. The summed E-state index contributed by atoms with van der Waals surface area (Å²) in [5.41, 5.74) is 0.982. The monoisotopic (exact) mass is 588 g/mol. The van der Waals surface area contributed by atoms with Crippen LogP contribution in [0.1, 0.15) is 22.7 Å². The maximum atomic E-state index is 13.5. The van der Waals surface area contributed by atoms with E-state index in [9.17, 15) is 33.4 Å². The molecule has 12 nitrogen and oxygen atoms in total. The Hall–Kier alpha value is -5.27. The molecular weight excluding hydrogens is 564 g/mol. The van der Waals surface area contributed by atoms with Crippen molar-refractivity contribution in [1.82, 2.24) is 4.72 Å². The number of aliphatic imine (C=N–C) groups is 1. The lowest BCUT2D eigenvalue weighted by atomic mass is 9.97. The number of rotatable bonds is 11. The number of non-ortho nitro benzene ring substituents is 2. The van der Waals surface area contributed by atoms with Crippen molar-refractivity contribution in [1.29, 1.82) is 0 Å². The van der Waals surface area contributed by atoms with E-state index in [-0.39, 0.29) is 21.8 Å². The van der Waals surface area contributed by atoms with Crippen LogP contribution in [0.15, 0.2) is 119 Å². The zero-order chi connectivity index (χ0) is 30.3. The molecular formula is C29H24N4O8S. The summed E-state index contributed by atoms with van der Waals surface area (Å²) in [4.78, 5) is 39.0. The fourth-order valence-corrected chi connectivity index (χ4v) is 5.39. The van der Waals surface area contributed by atoms with Gasteiger partial charge in [0.1, 0.15) is 0 Å². The molecule has 0 amide bonds. The largest absolute Gasteiger partial charge is 0.467 e. The zero-order valence-electron chi connectivity index (χ0n) is 22.1. The summed E-state index contributed by atoms with van der Waals surface area (Å²) in [6.45, 7) is 0. The van der Waals surface area contributed by atoms with Crippen molar-refractivity contribution in [3.63, 3.8) is 0 Å². The molecule has 0 fully saturated rings. The molecule has 0 radical (unpaired) electrons. The van der Waals surface area contributed by atoms with Crippen LogP contribution >= 0.6 is 0 Å². The molecule has 4 aromatic rings. The number of benzene rings is 4. The average molecular weight is 589 g/mol. The summed E-state index contributed by atoms with van der Waals surface area (Å²) in [6.07, 6.45) is 0. The Kier molecular flexibility index (Phi) is 9.15. The molecule has 0 saturated carbocycles. The van der Waals surface area contributed by atoms with Gasteiger partial charge in [-0.2, -0.15) is 0 Å². The van der Waals surface area contributed by atoms with Gasteiger partial charge in [-0.1, -0.05) is 72.8 Å². The topological polar surface area (TPSA) is 171 Å². The van der Waals surface area contributed by atoms with E-state index in [4.69, 9.17) is 9.73 Å². The van der Waals surface area contributed by atoms with Crippen LogP contribution in [0.25, 0.3) is 0 Å². The maximum Gasteiger partial charge on any atom is 0.332 e. The minimum atomic E-state index is -4.45. The number of hydrogen-bond donors (Lipinski definition) is 1. The van der Waals surface area contributed by atoms with Gasteiger partial charge < -0.3 is 4.74 Å². The standard InChI is InChI=1S/C29H24N4O8S/c1-41-29(34)28(30-26(20-9-4-2-5-10-20)21-11-6-3-7-12-21)27(22-13-8-14-24(19-22)33(37)38)31-42(39,40)25-17-15-23(16-18-25)32(35)36/h2-19,27-28,31H,1H3/t27-,28+/m1/s1. The van der Waals surface area contributed by atoms with Gasteiger partial charge in [-0.25, -0.2) is 17.9 Å². The Morgan fingerprint density at radius 1 is 0.786 bits per heavy atom. The summed E-state index contributed by atoms with van der Waals surface area (Å²) < 4.78 is 34.6. The second-order valence-electron chi connectivity index (χ2n) is 8.88. The molecule has 0 heterocycles. The van der Waals surface area contributed by atoms with Gasteiger partial charge in [-0.15, -0.1) is 0 Å². The Morgan fingerprint density at radius 3 is 1.83 bits per heavy atom. The summed E-state index contributed by atoms with van der Waals surface area (Å²) in [7, 11) is -3.34. The summed E-state index contributed by atoms with van der Waals surface area (Å²) >= 11 is 0. The molecule has 1 N–H and O–H groups in total. The van der Waals surface area contributed by atoms with Crippen molar-refractivity contribution in [2.24, 2.45) is 4.99 Å². The summed E-state index contributed by atoms with van der Waals surface area (Å²) in [5.74, 6) is -0.915. The van der Waals surface area contributed by atoms with Gasteiger partial charge in [0.05, 0.1) is 33.6 Å². The first kappa shape index (κ1) is 29.7. The zero-order valence-corrected chi connectivity index (χ0v) is 22.9. The summed E-state index contributed by atoms with van der Waals surface area (Å²) in [5, 5.41) is 22.6. The van der Waals surface area contributed by atoms with Gasteiger partial charge in [0.25, 0.3) is 11.4 Å². The molecule has 42 heavy (non-hydrogen) atoms. The Morgan fingerprint density at radius 2 is 1.33 bits per heavy atom. The first-order valence-corrected chi connectivity index (χ1v) is 13.9. The Bertz CT molecular complexity index is 1690. The quantitative estimate of drug-likeness (QED) is 0.115. The van der Waals surface area contributed by atoms with Gasteiger partial charge >= 0.3 is 5.97 Å². The van der Waals surface area contributed by atoms with Crippen LogP contribution in [-0.4, -0.2) is 43.1 Å². The number of carbonyl (C=O) groups excluding carboxylic acids is 1. The van der Waals surface area contributed by atoms with Gasteiger partial charge in [0.15, 0.2) is 6.04 Å². The number of nitrogens with zero attached hydrogens (tertiary/aromatic N) is 3. The first-order valence-electron chi connectivity index (χ1n) is 12.4. The molecule has 0 spiro atoms. The average Bonchev–Trinajstić information content (AvgIpc) is 3.01. The highest BCUT2D eigenvalue weighted by Gasteiger charge is 2.35. The van der Waals surface area contributed by atoms with E-state index < -0.39 is 37.9 Å². The van der Waals surface area contributed by atoms with Crippen LogP contribution in [0.2, 0.25) is 0 Å². The van der Waals surface area contributed by atoms with Crippen LogP contribution in [0, 0.1) is 20.2 Å². The van der Waals surface area contributed by atoms with E-state index in [1.165, 1.54) is 18.2 Å². The van der Waals surface area contributed by atoms with Gasteiger partial charge in [-0.3, -0.25) is 25.2 Å². The second-order valence-corrected chi connectivity index (χ2v) is 10.6. The van der Waals surface area contributed by atoms with Gasteiger partial charge in [0.2, 0.25) is 10.0 Å². The molecule has 2 atom stereocenters. The van der Waals surface area contributed by atoms with Crippen molar-refractivity contribution < 1.29 is 27.8 Å². The molecule has 13 heteroatoms. The van der Waals surface area contributed by atoms with Gasteiger partial charge in [0, 0.05) is 35.4 Å². The first-order chi connectivity index (χ1) is 20.1. The van der Waals surface area contributed by atoms with Crippen LogP contribution in [0.5, 0.6) is 0 Å². The highest BCUT2D eigenvalue weighted by atomic mass is 32.2. The number of nitrogens with one attached hydrogen (secondary N) is 1. The lowest BCUT2D eigenvalue weighted by Crippen LogP contribution is -2.40. The molecule has 4 rings (SSSR count). The second kappa shape index (κ2) is 12.9. The SMILES string of the molecule is COC(=O)[C@@H](N=C(c1ccccc1)c1ccccc1)[C@H](NS(=O)(=O)c1ccc([N+](=O)[O-])cc1)c1cccc([N+](=O)[O-])c1. The number of hydrogen-bond acceptors (Lipinski definition) is 9. The lowest BCUT2D eigenvalue weighted by molar-refractivity contribution is -0.385. The third kappa shape index (κ3) is 6.89. The molecule has 0 saturated heterocycles. The number of sulfonamides is 1.